The average Bonchev–Trinajstić information content (AvgIpc) is 2.01. The predicted octanol–water partition coefficient (Wildman–Crippen LogP) is 2.43. The van der Waals surface area contributed by atoms with Crippen molar-refractivity contribution in [1.29, 1.82) is 0 Å². The van der Waals surface area contributed by atoms with Crippen LogP contribution in [0.5, 0.6) is 0 Å². The van der Waals surface area contributed by atoms with E-state index in [1.54, 1.807) is 17.8 Å². The van der Waals surface area contributed by atoms with Crippen molar-refractivity contribution < 1.29 is 0 Å². The zero-order chi connectivity index (χ0) is 10.6. The van der Waals surface area contributed by atoms with Crippen molar-refractivity contribution in [1.82, 2.24) is 9.97 Å². The summed E-state index contributed by atoms with van der Waals surface area (Å²) in [6.45, 7) is 7.78. The molecule has 0 fully saturated rings. The highest BCUT2D eigenvalue weighted by Gasteiger charge is 2.00. The number of hydrogen-bond donors (Lipinski definition) is 1. The maximum Gasteiger partial charge on any atom is 0.189 e. The van der Waals surface area contributed by atoms with Gasteiger partial charge < -0.3 is 5.73 Å². The molecule has 1 aromatic heterocycles. The second-order valence-corrected chi connectivity index (χ2v) is 4.33. The number of anilines is 1. The second kappa shape index (κ2) is 5.00. The minimum Gasteiger partial charge on any atom is -0.384 e. The van der Waals surface area contributed by atoms with Crippen LogP contribution >= 0.6 is 11.8 Å². The summed E-state index contributed by atoms with van der Waals surface area (Å²) in [5.74, 6) is 1.49. The molecule has 0 spiro atoms. The molecule has 0 aliphatic rings. The zero-order valence-electron chi connectivity index (χ0n) is 8.58. The lowest BCUT2D eigenvalue weighted by atomic mass is 10.3. The molecular weight excluding hydrogens is 194 g/mol. The third-order valence-electron chi connectivity index (χ3n) is 1.61. The van der Waals surface area contributed by atoms with Crippen molar-refractivity contribution in [2.75, 3.05) is 11.5 Å². The molecule has 0 atom stereocenters. The highest BCUT2D eigenvalue weighted by Crippen LogP contribution is 2.17. The largest absolute Gasteiger partial charge is 0.384 e. The molecule has 1 rings (SSSR count). The van der Waals surface area contributed by atoms with Crippen molar-refractivity contribution in [2.24, 2.45) is 0 Å². The average molecular weight is 209 g/mol. The van der Waals surface area contributed by atoms with E-state index >= 15 is 0 Å². The van der Waals surface area contributed by atoms with Crippen LogP contribution in [0.3, 0.4) is 0 Å². The van der Waals surface area contributed by atoms with Gasteiger partial charge in [0.15, 0.2) is 5.16 Å². The lowest BCUT2D eigenvalue weighted by Gasteiger charge is -2.02. The summed E-state index contributed by atoms with van der Waals surface area (Å²) >= 11 is 1.61. The van der Waals surface area contributed by atoms with Gasteiger partial charge in [-0.2, -0.15) is 0 Å². The van der Waals surface area contributed by atoms with Gasteiger partial charge in [0.1, 0.15) is 5.82 Å². The van der Waals surface area contributed by atoms with Gasteiger partial charge in [-0.05, 0) is 20.3 Å². The van der Waals surface area contributed by atoms with Crippen molar-refractivity contribution in [3.05, 3.63) is 23.9 Å². The lowest BCUT2D eigenvalue weighted by Crippen LogP contribution is -1.97. The summed E-state index contributed by atoms with van der Waals surface area (Å²) in [6.07, 6.45) is 0.988. The lowest BCUT2D eigenvalue weighted by molar-refractivity contribution is 0.938. The van der Waals surface area contributed by atoms with Crippen LogP contribution in [0.25, 0.3) is 0 Å². The maximum atomic E-state index is 5.61. The van der Waals surface area contributed by atoms with Crippen LogP contribution in [0.15, 0.2) is 23.4 Å². The number of nitrogens with zero attached hydrogens (tertiary/aromatic N) is 2. The van der Waals surface area contributed by atoms with Crippen molar-refractivity contribution in [3.8, 4) is 0 Å². The van der Waals surface area contributed by atoms with Crippen molar-refractivity contribution in [2.45, 2.75) is 25.4 Å². The van der Waals surface area contributed by atoms with Gasteiger partial charge >= 0.3 is 0 Å². The Labute approximate surface area is 88.8 Å². The van der Waals surface area contributed by atoms with Gasteiger partial charge in [-0.15, -0.1) is 6.58 Å². The van der Waals surface area contributed by atoms with Gasteiger partial charge in [0.2, 0.25) is 0 Å². The molecule has 0 saturated heterocycles. The maximum absolute atomic E-state index is 5.61. The number of aromatic nitrogens is 2. The van der Waals surface area contributed by atoms with E-state index in [4.69, 9.17) is 5.73 Å². The van der Waals surface area contributed by atoms with E-state index in [9.17, 15) is 0 Å². The molecule has 2 N–H and O–H groups in total. The Hall–Kier alpha value is -1.03. The molecule has 0 aliphatic heterocycles. The molecule has 0 radical (unpaired) electrons. The predicted molar refractivity (Wildman–Crippen MR) is 61.3 cm³/mol. The van der Waals surface area contributed by atoms with Crippen LogP contribution in [0.1, 0.15) is 19.0 Å². The first-order chi connectivity index (χ1) is 6.58. The quantitative estimate of drug-likeness (QED) is 0.470. The molecule has 0 aliphatic carbocycles. The number of nitrogen functional groups attached to an aromatic ring is 1. The van der Waals surface area contributed by atoms with Crippen LogP contribution in [-0.2, 0) is 0 Å². The van der Waals surface area contributed by atoms with Gasteiger partial charge in [-0.3, -0.25) is 0 Å². The minimum absolute atomic E-state index is 0.537. The topological polar surface area (TPSA) is 51.8 Å². The Morgan fingerprint density at radius 3 is 2.86 bits per heavy atom. The van der Waals surface area contributed by atoms with Crippen LogP contribution < -0.4 is 5.73 Å². The standard InChI is InChI=1S/C10H15N3S/c1-7(2)4-5-14-10-12-8(3)6-9(11)13-10/h6H,1,4-5H2,2-3H3,(H2,11,12,13). The monoisotopic (exact) mass is 209 g/mol. The Morgan fingerprint density at radius 2 is 2.29 bits per heavy atom. The van der Waals surface area contributed by atoms with E-state index in [0.29, 0.717) is 5.82 Å². The molecule has 0 saturated carbocycles. The highest BCUT2D eigenvalue weighted by molar-refractivity contribution is 7.99. The van der Waals surface area contributed by atoms with Crippen molar-refractivity contribution >= 4 is 17.6 Å². The second-order valence-electron chi connectivity index (χ2n) is 3.27. The van der Waals surface area contributed by atoms with Crippen LogP contribution in [0, 0.1) is 6.92 Å². The van der Waals surface area contributed by atoms with Gasteiger partial charge in [0.05, 0.1) is 0 Å². The molecule has 3 nitrogen and oxygen atoms in total. The number of rotatable bonds is 4. The Kier molecular flexibility index (Phi) is 3.95. The molecule has 1 aromatic rings. The molecule has 0 amide bonds. The summed E-state index contributed by atoms with van der Waals surface area (Å²) in [5.41, 5.74) is 7.70. The first-order valence-corrected chi connectivity index (χ1v) is 5.45. The van der Waals surface area contributed by atoms with Gasteiger partial charge in [-0.25, -0.2) is 9.97 Å². The summed E-state index contributed by atoms with van der Waals surface area (Å²) < 4.78 is 0. The molecule has 76 valence electrons. The molecule has 0 unspecified atom stereocenters. The van der Waals surface area contributed by atoms with Gasteiger partial charge in [0, 0.05) is 17.5 Å². The summed E-state index contributed by atoms with van der Waals surface area (Å²) in [5, 5.41) is 0.753. The normalized spacial score (nSPS) is 10.1. The SMILES string of the molecule is C=C(C)CCSc1nc(C)cc(N)n1. The van der Waals surface area contributed by atoms with E-state index in [2.05, 4.69) is 16.5 Å². The third kappa shape index (κ3) is 3.79. The van der Waals surface area contributed by atoms with Crippen LogP contribution in [0.2, 0.25) is 0 Å². The first kappa shape index (κ1) is 11.0. The van der Waals surface area contributed by atoms with E-state index in [1.165, 1.54) is 5.57 Å². The zero-order valence-corrected chi connectivity index (χ0v) is 9.40. The number of aryl methyl sites for hydroxylation is 1. The number of thioether (sulfide) groups is 1. The van der Waals surface area contributed by atoms with Crippen LogP contribution in [0.4, 0.5) is 5.82 Å². The fourth-order valence-corrected chi connectivity index (χ4v) is 1.96. The van der Waals surface area contributed by atoms with Gasteiger partial charge in [-0.1, -0.05) is 17.3 Å². The molecule has 0 bridgehead atoms. The highest BCUT2D eigenvalue weighted by atomic mass is 32.2. The summed E-state index contributed by atoms with van der Waals surface area (Å²) in [4.78, 5) is 8.40. The Morgan fingerprint density at radius 1 is 1.57 bits per heavy atom. The van der Waals surface area contributed by atoms with E-state index in [0.717, 1.165) is 23.0 Å². The van der Waals surface area contributed by atoms with E-state index in [-0.39, 0.29) is 0 Å². The molecule has 14 heavy (non-hydrogen) atoms. The number of allylic oxidation sites excluding steroid dienone is 1. The van der Waals surface area contributed by atoms with Crippen LogP contribution in [-0.4, -0.2) is 15.7 Å². The Balaban J connectivity index is 2.54. The fraction of sp³-hybridized carbons (Fsp3) is 0.400. The first-order valence-electron chi connectivity index (χ1n) is 4.46. The fourth-order valence-electron chi connectivity index (χ4n) is 0.946. The molecule has 4 heteroatoms. The van der Waals surface area contributed by atoms with Crippen molar-refractivity contribution in [3.63, 3.8) is 0 Å². The number of nitrogens with two attached hydrogens (primary N) is 1. The van der Waals surface area contributed by atoms with Gasteiger partial charge in [0.25, 0.3) is 0 Å². The van der Waals surface area contributed by atoms with E-state index in [1.807, 2.05) is 13.8 Å². The Bertz CT molecular complexity index is 316. The molecular formula is C10H15N3S. The van der Waals surface area contributed by atoms with E-state index < -0.39 is 0 Å². The minimum atomic E-state index is 0.537. The summed E-state index contributed by atoms with van der Waals surface area (Å²) in [6, 6.07) is 1.77. The molecule has 1 heterocycles. The third-order valence-corrected chi connectivity index (χ3v) is 2.46. The number of hydrogen-bond acceptors (Lipinski definition) is 4. The molecule has 0 aromatic carbocycles. The smallest absolute Gasteiger partial charge is 0.189 e. The summed E-state index contributed by atoms with van der Waals surface area (Å²) in [7, 11) is 0.